The van der Waals surface area contributed by atoms with E-state index in [0.717, 1.165) is 35.6 Å². The van der Waals surface area contributed by atoms with E-state index in [9.17, 15) is 0 Å². The van der Waals surface area contributed by atoms with Gasteiger partial charge < -0.3 is 9.88 Å². The summed E-state index contributed by atoms with van der Waals surface area (Å²) in [5.41, 5.74) is 0. The van der Waals surface area contributed by atoms with Gasteiger partial charge in [-0.15, -0.1) is 10.2 Å². The van der Waals surface area contributed by atoms with Crippen molar-refractivity contribution in [1.29, 1.82) is 0 Å². The molecule has 2 aromatic heterocycles. The SMILES string of the molecule is Cc1nsc(-c2nnc3n2CCN[C@@H]3C)n1. The average Bonchev–Trinajstić information content (AvgIpc) is 2.84. The van der Waals surface area contributed by atoms with Crippen LogP contribution < -0.4 is 5.32 Å². The summed E-state index contributed by atoms with van der Waals surface area (Å²) in [6.07, 6.45) is 0. The van der Waals surface area contributed by atoms with Gasteiger partial charge >= 0.3 is 0 Å². The normalized spacial score (nSPS) is 19.8. The van der Waals surface area contributed by atoms with Crippen molar-refractivity contribution >= 4 is 11.5 Å². The highest BCUT2D eigenvalue weighted by Gasteiger charge is 2.23. The Morgan fingerprint density at radius 2 is 2.31 bits per heavy atom. The van der Waals surface area contributed by atoms with Gasteiger partial charge in [0.2, 0.25) is 0 Å². The Hall–Kier alpha value is -1.34. The molecule has 1 atom stereocenters. The van der Waals surface area contributed by atoms with Crippen LogP contribution in [0.1, 0.15) is 24.6 Å². The fourth-order valence-corrected chi connectivity index (χ4v) is 2.55. The summed E-state index contributed by atoms with van der Waals surface area (Å²) >= 11 is 1.38. The first-order valence-electron chi connectivity index (χ1n) is 5.23. The highest BCUT2D eigenvalue weighted by molar-refractivity contribution is 7.09. The fourth-order valence-electron chi connectivity index (χ4n) is 1.89. The number of aryl methyl sites for hydroxylation is 1. The largest absolute Gasteiger partial charge is 0.306 e. The van der Waals surface area contributed by atoms with Crippen LogP contribution in [0.25, 0.3) is 10.8 Å². The number of hydrogen-bond donors (Lipinski definition) is 1. The number of nitrogens with one attached hydrogen (secondary N) is 1. The van der Waals surface area contributed by atoms with Crippen LogP contribution in [0.3, 0.4) is 0 Å². The Morgan fingerprint density at radius 1 is 1.44 bits per heavy atom. The molecule has 6 nitrogen and oxygen atoms in total. The second-order valence-electron chi connectivity index (χ2n) is 3.86. The molecule has 0 bridgehead atoms. The second-order valence-corrected chi connectivity index (χ2v) is 4.61. The van der Waals surface area contributed by atoms with Crippen molar-refractivity contribution in [2.24, 2.45) is 0 Å². The second kappa shape index (κ2) is 3.60. The Bertz CT molecular complexity index is 516. The smallest absolute Gasteiger partial charge is 0.194 e. The molecule has 7 heteroatoms. The maximum atomic E-state index is 4.35. The van der Waals surface area contributed by atoms with E-state index in [2.05, 4.69) is 36.4 Å². The molecule has 1 aliphatic heterocycles. The summed E-state index contributed by atoms with van der Waals surface area (Å²) in [5.74, 6) is 2.61. The third-order valence-corrected chi connectivity index (χ3v) is 3.47. The van der Waals surface area contributed by atoms with Crippen LogP contribution in [0.2, 0.25) is 0 Å². The van der Waals surface area contributed by atoms with Gasteiger partial charge in [-0.05, 0) is 25.4 Å². The van der Waals surface area contributed by atoms with Gasteiger partial charge in [0.25, 0.3) is 0 Å². The van der Waals surface area contributed by atoms with Gasteiger partial charge in [-0.1, -0.05) is 0 Å². The minimum atomic E-state index is 0.254. The fraction of sp³-hybridized carbons (Fsp3) is 0.556. The van der Waals surface area contributed by atoms with Crippen molar-refractivity contribution in [3.05, 3.63) is 11.6 Å². The van der Waals surface area contributed by atoms with E-state index in [4.69, 9.17) is 0 Å². The zero-order valence-corrected chi connectivity index (χ0v) is 9.95. The Kier molecular flexibility index (Phi) is 2.22. The van der Waals surface area contributed by atoms with E-state index in [1.165, 1.54) is 11.5 Å². The Balaban J connectivity index is 2.09. The minimum absolute atomic E-state index is 0.254. The standard InChI is InChI=1S/C9H12N6S/c1-5-7-12-13-8(15(7)4-3-10-5)9-11-6(2)14-16-9/h5,10H,3-4H2,1-2H3/t5-/m1/s1. The lowest BCUT2D eigenvalue weighted by Gasteiger charge is -2.21. The number of nitrogens with zero attached hydrogens (tertiary/aromatic N) is 5. The van der Waals surface area contributed by atoms with Crippen LogP contribution in [0.4, 0.5) is 0 Å². The molecule has 3 rings (SSSR count). The molecule has 0 spiro atoms. The molecule has 1 aliphatic rings. The monoisotopic (exact) mass is 236 g/mol. The lowest BCUT2D eigenvalue weighted by atomic mass is 10.2. The van der Waals surface area contributed by atoms with Crippen LogP contribution >= 0.6 is 11.5 Å². The van der Waals surface area contributed by atoms with Crippen molar-refractivity contribution in [2.45, 2.75) is 26.4 Å². The third kappa shape index (κ3) is 1.43. The van der Waals surface area contributed by atoms with E-state index in [-0.39, 0.29) is 6.04 Å². The van der Waals surface area contributed by atoms with Crippen LogP contribution in [-0.4, -0.2) is 30.7 Å². The van der Waals surface area contributed by atoms with Gasteiger partial charge in [0.05, 0.1) is 6.04 Å². The molecular formula is C9H12N6S. The molecule has 0 amide bonds. The highest BCUT2D eigenvalue weighted by atomic mass is 32.1. The molecule has 0 saturated heterocycles. The van der Waals surface area contributed by atoms with E-state index in [0.29, 0.717) is 0 Å². The van der Waals surface area contributed by atoms with Gasteiger partial charge in [0.15, 0.2) is 10.8 Å². The average molecular weight is 236 g/mol. The summed E-state index contributed by atoms with van der Waals surface area (Å²) in [7, 11) is 0. The van der Waals surface area contributed by atoms with E-state index in [1.807, 2.05) is 6.92 Å². The highest BCUT2D eigenvalue weighted by Crippen LogP contribution is 2.24. The quantitative estimate of drug-likeness (QED) is 0.792. The minimum Gasteiger partial charge on any atom is -0.306 e. The van der Waals surface area contributed by atoms with Gasteiger partial charge in [0.1, 0.15) is 11.6 Å². The number of hydrogen-bond acceptors (Lipinski definition) is 6. The molecule has 84 valence electrons. The molecule has 0 radical (unpaired) electrons. The zero-order chi connectivity index (χ0) is 11.1. The first kappa shape index (κ1) is 9.86. The number of aromatic nitrogens is 5. The lowest BCUT2D eigenvalue weighted by molar-refractivity contribution is 0.439. The molecule has 16 heavy (non-hydrogen) atoms. The third-order valence-electron chi connectivity index (χ3n) is 2.67. The van der Waals surface area contributed by atoms with Gasteiger partial charge in [-0.2, -0.15) is 4.37 Å². The summed E-state index contributed by atoms with van der Waals surface area (Å²) in [6, 6.07) is 0.254. The van der Waals surface area contributed by atoms with E-state index < -0.39 is 0 Å². The van der Waals surface area contributed by atoms with E-state index >= 15 is 0 Å². The van der Waals surface area contributed by atoms with Crippen molar-refractivity contribution in [3.8, 4) is 10.8 Å². The summed E-state index contributed by atoms with van der Waals surface area (Å²) < 4.78 is 6.30. The Labute approximate surface area is 96.9 Å². The predicted octanol–water partition coefficient (Wildman–Crippen LogP) is 0.769. The first-order valence-corrected chi connectivity index (χ1v) is 6.00. The van der Waals surface area contributed by atoms with E-state index in [1.54, 1.807) is 0 Å². The van der Waals surface area contributed by atoms with Gasteiger partial charge in [0, 0.05) is 13.1 Å². The molecule has 0 fully saturated rings. The van der Waals surface area contributed by atoms with Crippen molar-refractivity contribution < 1.29 is 0 Å². The van der Waals surface area contributed by atoms with Crippen LogP contribution in [0.5, 0.6) is 0 Å². The van der Waals surface area contributed by atoms with Crippen LogP contribution in [0.15, 0.2) is 0 Å². The lowest BCUT2D eigenvalue weighted by Crippen LogP contribution is -2.32. The molecule has 2 aromatic rings. The molecule has 0 aliphatic carbocycles. The molecule has 1 N–H and O–H groups in total. The Morgan fingerprint density at radius 3 is 3.06 bits per heavy atom. The molecule has 3 heterocycles. The van der Waals surface area contributed by atoms with Crippen molar-refractivity contribution in [3.63, 3.8) is 0 Å². The van der Waals surface area contributed by atoms with Crippen LogP contribution in [-0.2, 0) is 6.54 Å². The maximum Gasteiger partial charge on any atom is 0.194 e. The molecule has 0 saturated carbocycles. The maximum absolute atomic E-state index is 4.35. The van der Waals surface area contributed by atoms with Gasteiger partial charge in [-0.25, -0.2) is 4.98 Å². The zero-order valence-electron chi connectivity index (χ0n) is 9.14. The molecule has 0 aromatic carbocycles. The number of rotatable bonds is 1. The summed E-state index contributed by atoms with van der Waals surface area (Å²) in [4.78, 5) is 4.35. The predicted molar refractivity (Wildman–Crippen MR) is 60.1 cm³/mol. The first-order chi connectivity index (χ1) is 7.75. The summed E-state index contributed by atoms with van der Waals surface area (Å²) in [6.45, 7) is 5.81. The van der Waals surface area contributed by atoms with Crippen molar-refractivity contribution in [1.82, 2.24) is 29.4 Å². The number of fused-ring (bicyclic) bond motifs is 1. The molecule has 0 unspecified atom stereocenters. The molecular weight excluding hydrogens is 224 g/mol. The van der Waals surface area contributed by atoms with Crippen LogP contribution in [0, 0.1) is 6.92 Å². The van der Waals surface area contributed by atoms with Crippen molar-refractivity contribution in [2.75, 3.05) is 6.54 Å². The van der Waals surface area contributed by atoms with Gasteiger partial charge in [-0.3, -0.25) is 0 Å². The topological polar surface area (TPSA) is 68.5 Å². The summed E-state index contributed by atoms with van der Waals surface area (Å²) in [5, 5.41) is 12.6.